The molecule has 0 bridgehead atoms. The Morgan fingerprint density at radius 1 is 1.07 bits per heavy atom. The molecule has 1 aromatic heterocycles. The first kappa shape index (κ1) is 23.0. The third kappa shape index (κ3) is 8.36. The first-order valence-corrected chi connectivity index (χ1v) is 10.8. The Morgan fingerprint density at radius 3 is 2.47 bits per heavy atom. The monoisotopic (exact) mass is 438 g/mol. The smallest absolute Gasteiger partial charge is 0.335 e. The number of hydrogen-bond acceptors (Lipinski definition) is 9. The minimum atomic E-state index is -3.30. The lowest BCUT2D eigenvalue weighted by molar-refractivity contribution is -0.136. The van der Waals surface area contributed by atoms with E-state index in [-0.39, 0.29) is 37.0 Å². The largest absolute Gasteiger partial charge is 0.481 e. The Kier molecular flexibility index (Phi) is 8.00. The molecule has 0 amide bonds. The number of nitrogens with one attached hydrogen (secondary N) is 3. The Hall–Kier alpha value is -3.32. The van der Waals surface area contributed by atoms with Crippen molar-refractivity contribution in [2.45, 2.75) is 19.3 Å². The van der Waals surface area contributed by atoms with Crippen LogP contribution in [0.15, 0.2) is 24.3 Å². The van der Waals surface area contributed by atoms with E-state index in [4.69, 9.17) is 10.2 Å². The van der Waals surface area contributed by atoms with Gasteiger partial charge >= 0.3 is 11.9 Å². The van der Waals surface area contributed by atoms with Crippen LogP contribution in [-0.2, 0) is 21.2 Å². The van der Waals surface area contributed by atoms with Crippen LogP contribution in [0.4, 0.5) is 17.6 Å². The molecule has 162 valence electrons. The van der Waals surface area contributed by atoms with Crippen LogP contribution in [0, 0.1) is 0 Å². The van der Waals surface area contributed by atoms with Gasteiger partial charge in [-0.15, -0.1) is 0 Å². The van der Waals surface area contributed by atoms with E-state index in [1.807, 2.05) is 0 Å². The number of aryl methyl sites for hydroxylation is 1. The van der Waals surface area contributed by atoms with E-state index in [0.717, 1.165) is 6.26 Å². The van der Waals surface area contributed by atoms with Gasteiger partial charge < -0.3 is 20.8 Å². The highest BCUT2D eigenvalue weighted by atomic mass is 32.2. The fourth-order valence-electron chi connectivity index (χ4n) is 2.31. The van der Waals surface area contributed by atoms with Gasteiger partial charge in [0.05, 0.1) is 18.2 Å². The maximum Gasteiger partial charge on any atom is 0.335 e. The molecule has 0 aliphatic rings. The topological polar surface area (TPSA) is 184 Å². The van der Waals surface area contributed by atoms with E-state index in [2.05, 4.69) is 30.3 Å². The van der Waals surface area contributed by atoms with Crippen molar-refractivity contribution in [2.24, 2.45) is 0 Å². The predicted molar refractivity (Wildman–Crippen MR) is 108 cm³/mol. The van der Waals surface area contributed by atoms with Crippen LogP contribution in [0.5, 0.6) is 0 Å². The molecule has 2 rings (SSSR count). The van der Waals surface area contributed by atoms with Crippen molar-refractivity contribution >= 4 is 39.5 Å². The molecule has 0 unspecified atom stereocenters. The van der Waals surface area contributed by atoms with Crippen LogP contribution in [-0.4, -0.2) is 64.9 Å². The molecule has 0 saturated heterocycles. The second-order valence-electron chi connectivity index (χ2n) is 6.25. The summed E-state index contributed by atoms with van der Waals surface area (Å²) in [5.74, 6) is -1.42. The summed E-state index contributed by atoms with van der Waals surface area (Å²) in [6.45, 7) is 0.304. The van der Waals surface area contributed by atoms with Gasteiger partial charge in [-0.1, -0.05) is 6.07 Å². The van der Waals surface area contributed by atoms with E-state index < -0.39 is 22.0 Å². The highest BCUT2D eigenvalue weighted by molar-refractivity contribution is 7.88. The number of anilines is 3. The Bertz CT molecular complexity index is 1010. The van der Waals surface area contributed by atoms with Gasteiger partial charge in [0, 0.05) is 25.2 Å². The first-order valence-electron chi connectivity index (χ1n) is 8.88. The molecular weight excluding hydrogens is 416 g/mol. The average Bonchev–Trinajstić information content (AvgIpc) is 2.64. The van der Waals surface area contributed by atoms with Gasteiger partial charge in [0.1, 0.15) is 5.82 Å². The molecule has 12 nitrogen and oxygen atoms in total. The number of aromatic carboxylic acids is 1. The van der Waals surface area contributed by atoms with Gasteiger partial charge in [0.2, 0.25) is 21.9 Å². The van der Waals surface area contributed by atoms with Gasteiger partial charge in [0.15, 0.2) is 0 Å². The quantitative estimate of drug-likeness (QED) is 0.294. The zero-order valence-electron chi connectivity index (χ0n) is 16.1. The van der Waals surface area contributed by atoms with Gasteiger partial charge in [-0.25, -0.2) is 17.9 Å². The van der Waals surface area contributed by atoms with Gasteiger partial charge in [-0.3, -0.25) is 4.79 Å². The van der Waals surface area contributed by atoms with Crippen molar-refractivity contribution in [2.75, 3.05) is 30.0 Å². The molecule has 0 atom stereocenters. The lowest BCUT2D eigenvalue weighted by Gasteiger charge is -2.10. The second kappa shape index (κ2) is 10.5. The summed E-state index contributed by atoms with van der Waals surface area (Å²) >= 11 is 0. The van der Waals surface area contributed by atoms with Crippen LogP contribution in [0.2, 0.25) is 0 Å². The van der Waals surface area contributed by atoms with Gasteiger partial charge in [-0.2, -0.15) is 15.0 Å². The number of carboxylic acid groups (broad SMARTS) is 2. The van der Waals surface area contributed by atoms with Crippen molar-refractivity contribution in [1.29, 1.82) is 0 Å². The number of carboxylic acids is 2. The minimum Gasteiger partial charge on any atom is -0.481 e. The molecule has 1 heterocycles. The molecule has 5 N–H and O–H groups in total. The summed E-state index contributed by atoms with van der Waals surface area (Å²) in [5.41, 5.74) is 0.531. The molecule has 1 aromatic carbocycles. The standard InChI is InChI=1S/C17H22N6O6S/c1-30(28,29)19-8-3-6-13-21-16(18-9-7-14(24)25)23-17(22-13)20-12-5-2-4-11(10-12)15(26)27/h2,4-5,10,19H,3,6-9H2,1H3,(H,24,25)(H,26,27)(H2,18,20,21,22,23). The van der Waals surface area contributed by atoms with Crippen molar-refractivity contribution in [3.63, 3.8) is 0 Å². The number of aliphatic carboxylic acids is 1. The molecule has 0 aliphatic heterocycles. The van der Waals surface area contributed by atoms with Crippen molar-refractivity contribution in [3.8, 4) is 0 Å². The summed E-state index contributed by atoms with van der Waals surface area (Å²) < 4.78 is 24.7. The number of aromatic nitrogens is 3. The predicted octanol–water partition coefficient (Wildman–Crippen LogP) is 0.682. The highest BCUT2D eigenvalue weighted by Gasteiger charge is 2.10. The summed E-state index contributed by atoms with van der Waals surface area (Å²) in [7, 11) is -3.30. The lowest BCUT2D eigenvalue weighted by atomic mass is 10.2. The third-order valence-electron chi connectivity index (χ3n) is 3.61. The zero-order chi connectivity index (χ0) is 22.1. The second-order valence-corrected chi connectivity index (χ2v) is 8.08. The van der Waals surface area contributed by atoms with Crippen LogP contribution in [0.25, 0.3) is 0 Å². The van der Waals surface area contributed by atoms with E-state index in [9.17, 15) is 18.0 Å². The molecule has 0 spiro atoms. The fraction of sp³-hybridized carbons (Fsp3) is 0.353. The average molecular weight is 438 g/mol. The molecular formula is C17H22N6O6S. The minimum absolute atomic E-state index is 0.0842. The van der Waals surface area contributed by atoms with Crippen molar-refractivity contribution < 1.29 is 28.2 Å². The van der Waals surface area contributed by atoms with Crippen LogP contribution in [0.3, 0.4) is 0 Å². The molecule has 2 aromatic rings. The van der Waals surface area contributed by atoms with Gasteiger partial charge in [-0.05, 0) is 24.6 Å². The number of sulfonamides is 1. The van der Waals surface area contributed by atoms with Crippen LogP contribution >= 0.6 is 0 Å². The number of benzene rings is 1. The SMILES string of the molecule is CS(=O)(=O)NCCCc1nc(NCCC(=O)O)nc(Nc2cccc(C(=O)O)c2)n1. The van der Waals surface area contributed by atoms with Gasteiger partial charge in [0.25, 0.3) is 0 Å². The molecule has 0 radical (unpaired) electrons. The number of hydrogen-bond donors (Lipinski definition) is 5. The zero-order valence-corrected chi connectivity index (χ0v) is 16.9. The number of nitrogens with zero attached hydrogens (tertiary/aromatic N) is 3. The van der Waals surface area contributed by atoms with E-state index >= 15 is 0 Å². The molecule has 0 saturated carbocycles. The molecule has 13 heteroatoms. The Balaban J connectivity index is 2.16. The molecule has 30 heavy (non-hydrogen) atoms. The van der Waals surface area contributed by atoms with Crippen molar-refractivity contribution in [3.05, 3.63) is 35.7 Å². The first-order chi connectivity index (χ1) is 14.1. The van der Waals surface area contributed by atoms with E-state index in [0.29, 0.717) is 24.4 Å². The summed E-state index contributed by atoms with van der Waals surface area (Å²) in [6.07, 6.45) is 1.69. The Morgan fingerprint density at radius 2 is 1.80 bits per heavy atom. The maximum absolute atomic E-state index is 11.1. The lowest BCUT2D eigenvalue weighted by Crippen LogP contribution is -2.23. The molecule has 0 fully saturated rings. The third-order valence-corrected chi connectivity index (χ3v) is 4.34. The maximum atomic E-state index is 11.1. The number of carbonyl (C=O) groups is 2. The summed E-state index contributed by atoms with van der Waals surface area (Å²) in [4.78, 5) is 34.5. The number of rotatable bonds is 12. The summed E-state index contributed by atoms with van der Waals surface area (Å²) in [6, 6.07) is 6.07. The highest BCUT2D eigenvalue weighted by Crippen LogP contribution is 2.16. The fourth-order valence-corrected chi connectivity index (χ4v) is 2.83. The summed E-state index contributed by atoms with van der Waals surface area (Å²) in [5, 5.41) is 23.6. The molecule has 0 aliphatic carbocycles. The van der Waals surface area contributed by atoms with Crippen molar-refractivity contribution in [1.82, 2.24) is 19.7 Å². The normalized spacial score (nSPS) is 11.1. The van der Waals surface area contributed by atoms with Crippen LogP contribution < -0.4 is 15.4 Å². The van der Waals surface area contributed by atoms with Crippen LogP contribution in [0.1, 0.15) is 29.0 Å². The van der Waals surface area contributed by atoms with E-state index in [1.54, 1.807) is 12.1 Å². The van der Waals surface area contributed by atoms with E-state index in [1.165, 1.54) is 12.1 Å². The Labute approximate surface area is 172 Å².